The van der Waals surface area contributed by atoms with E-state index >= 15 is 0 Å². The quantitative estimate of drug-likeness (QED) is 0.861. The Balaban J connectivity index is 1.65. The molecule has 0 radical (unpaired) electrons. The lowest BCUT2D eigenvalue weighted by molar-refractivity contribution is -0.126. The number of nitrogens with one attached hydrogen (secondary N) is 2. The molecule has 3 rings (SSSR count). The Kier molecular flexibility index (Phi) is 5.59. The van der Waals surface area contributed by atoms with E-state index in [1.165, 1.54) is 4.57 Å². The Morgan fingerprint density at radius 3 is 2.58 bits per heavy atom. The molecule has 0 bridgehead atoms. The number of hydrogen-bond acceptors (Lipinski definition) is 3. The molecular weight excluding hydrogens is 330 g/mol. The molecule has 1 heterocycles. The number of nitrogens with zero attached hydrogens (tertiary/aromatic N) is 1. The molecule has 140 valence electrons. The van der Waals surface area contributed by atoms with Crippen molar-refractivity contribution >= 4 is 16.8 Å². The summed E-state index contributed by atoms with van der Waals surface area (Å²) >= 11 is 0. The number of aromatic nitrogens is 2. The summed E-state index contributed by atoms with van der Waals surface area (Å²) in [7, 11) is 0. The van der Waals surface area contributed by atoms with E-state index in [-0.39, 0.29) is 29.0 Å². The smallest absolute Gasteiger partial charge is 0.328 e. The van der Waals surface area contributed by atoms with Crippen LogP contribution in [0.4, 0.5) is 0 Å². The predicted molar refractivity (Wildman–Crippen MR) is 102 cm³/mol. The second-order valence-electron chi connectivity index (χ2n) is 7.75. The Bertz CT molecular complexity index is 889. The van der Waals surface area contributed by atoms with Gasteiger partial charge in [-0.25, -0.2) is 4.79 Å². The minimum atomic E-state index is -0.356. The maximum atomic E-state index is 12.6. The molecule has 1 aromatic heterocycles. The fraction of sp³-hybridized carbons (Fsp3) is 0.550. The maximum absolute atomic E-state index is 12.6. The molecule has 1 aliphatic carbocycles. The minimum Gasteiger partial charge on any atom is -0.356 e. The first-order chi connectivity index (χ1) is 12.5. The molecule has 0 saturated heterocycles. The van der Waals surface area contributed by atoms with Crippen molar-refractivity contribution in [1.29, 1.82) is 0 Å². The standard InChI is InChI=1S/C20H27N3O3/c1-13(2)11-21-18(24)15-9-7-14(8-10-15)12-23-19(25)16-5-3-4-6-17(16)22-20(23)26/h3-6,13-15H,7-12H2,1-2H3,(H,21,24)(H,22,26). The normalized spacial score (nSPS) is 20.4. The third-order valence-corrected chi connectivity index (χ3v) is 5.23. The van der Waals surface area contributed by atoms with E-state index in [9.17, 15) is 14.4 Å². The summed E-state index contributed by atoms with van der Waals surface area (Å²) in [6.07, 6.45) is 3.35. The number of carbonyl (C=O) groups excluding carboxylic acids is 1. The van der Waals surface area contributed by atoms with Gasteiger partial charge in [0.25, 0.3) is 5.56 Å². The SMILES string of the molecule is CC(C)CNC(=O)C1CCC(Cn2c(=O)[nH]c3ccccc3c2=O)CC1. The van der Waals surface area contributed by atoms with Crippen molar-refractivity contribution in [2.45, 2.75) is 46.1 Å². The summed E-state index contributed by atoms with van der Waals surface area (Å²) in [6.45, 7) is 5.28. The molecule has 26 heavy (non-hydrogen) atoms. The number of rotatable bonds is 5. The molecule has 6 heteroatoms. The van der Waals surface area contributed by atoms with Crippen molar-refractivity contribution in [2.75, 3.05) is 6.54 Å². The highest BCUT2D eigenvalue weighted by Crippen LogP contribution is 2.29. The molecule has 1 aliphatic rings. The van der Waals surface area contributed by atoms with Crippen molar-refractivity contribution < 1.29 is 4.79 Å². The number of aromatic amines is 1. The van der Waals surface area contributed by atoms with E-state index in [4.69, 9.17) is 0 Å². The van der Waals surface area contributed by atoms with Crippen LogP contribution in [0.25, 0.3) is 10.9 Å². The summed E-state index contributed by atoms with van der Waals surface area (Å²) in [5.41, 5.74) is -0.0177. The molecule has 1 amide bonds. The number of hydrogen-bond donors (Lipinski definition) is 2. The fourth-order valence-electron chi connectivity index (χ4n) is 3.68. The monoisotopic (exact) mass is 357 g/mol. The van der Waals surface area contributed by atoms with E-state index in [2.05, 4.69) is 24.1 Å². The van der Waals surface area contributed by atoms with Gasteiger partial charge in [-0.05, 0) is 49.7 Å². The minimum absolute atomic E-state index is 0.0524. The van der Waals surface area contributed by atoms with Crippen LogP contribution >= 0.6 is 0 Å². The van der Waals surface area contributed by atoms with Crippen molar-refractivity contribution in [3.8, 4) is 0 Å². The van der Waals surface area contributed by atoms with Gasteiger partial charge in [-0.15, -0.1) is 0 Å². The Labute approximate surface area is 152 Å². The third kappa shape index (κ3) is 4.06. The Morgan fingerprint density at radius 1 is 1.19 bits per heavy atom. The van der Waals surface area contributed by atoms with Gasteiger partial charge in [-0.2, -0.15) is 0 Å². The van der Waals surface area contributed by atoms with E-state index in [0.29, 0.717) is 29.9 Å². The van der Waals surface area contributed by atoms with Gasteiger partial charge in [0.05, 0.1) is 10.9 Å². The van der Waals surface area contributed by atoms with Gasteiger partial charge in [0.2, 0.25) is 5.91 Å². The second kappa shape index (κ2) is 7.89. The lowest BCUT2D eigenvalue weighted by Crippen LogP contribution is -2.39. The molecule has 0 spiro atoms. The van der Waals surface area contributed by atoms with Gasteiger partial charge in [0, 0.05) is 19.0 Å². The number of amides is 1. The zero-order valence-corrected chi connectivity index (χ0v) is 15.5. The molecule has 0 aliphatic heterocycles. The van der Waals surface area contributed by atoms with Crippen molar-refractivity contribution in [2.24, 2.45) is 17.8 Å². The van der Waals surface area contributed by atoms with Crippen LogP contribution in [0, 0.1) is 17.8 Å². The van der Waals surface area contributed by atoms with Crippen LogP contribution in [-0.4, -0.2) is 22.0 Å². The lowest BCUT2D eigenvalue weighted by Gasteiger charge is -2.28. The topological polar surface area (TPSA) is 84.0 Å². The first kappa shape index (κ1) is 18.4. The molecule has 2 aromatic rings. The average molecular weight is 357 g/mol. The highest BCUT2D eigenvalue weighted by molar-refractivity contribution is 5.78. The van der Waals surface area contributed by atoms with Crippen LogP contribution < -0.4 is 16.6 Å². The summed E-state index contributed by atoms with van der Waals surface area (Å²) in [5, 5.41) is 3.54. The van der Waals surface area contributed by atoms with Crippen LogP contribution in [0.15, 0.2) is 33.9 Å². The zero-order chi connectivity index (χ0) is 18.7. The molecular formula is C20H27N3O3. The molecule has 1 saturated carbocycles. The second-order valence-corrected chi connectivity index (χ2v) is 7.75. The lowest BCUT2D eigenvalue weighted by atomic mass is 9.81. The molecule has 6 nitrogen and oxygen atoms in total. The molecule has 1 fully saturated rings. The summed E-state index contributed by atoms with van der Waals surface area (Å²) in [4.78, 5) is 39.9. The van der Waals surface area contributed by atoms with Crippen molar-refractivity contribution in [1.82, 2.24) is 14.9 Å². The van der Waals surface area contributed by atoms with E-state index < -0.39 is 0 Å². The van der Waals surface area contributed by atoms with Gasteiger partial charge >= 0.3 is 5.69 Å². The molecule has 0 unspecified atom stereocenters. The molecule has 0 atom stereocenters. The average Bonchev–Trinajstić information content (AvgIpc) is 2.63. The number of para-hydroxylation sites is 1. The van der Waals surface area contributed by atoms with Crippen LogP contribution in [0.2, 0.25) is 0 Å². The summed E-state index contributed by atoms with van der Waals surface area (Å²) in [6, 6.07) is 7.07. The van der Waals surface area contributed by atoms with Gasteiger partial charge in [0.15, 0.2) is 0 Å². The first-order valence-electron chi connectivity index (χ1n) is 9.45. The zero-order valence-electron chi connectivity index (χ0n) is 15.5. The van der Waals surface area contributed by atoms with Crippen LogP contribution in [0.5, 0.6) is 0 Å². The Morgan fingerprint density at radius 2 is 1.88 bits per heavy atom. The van der Waals surface area contributed by atoms with Gasteiger partial charge < -0.3 is 10.3 Å². The van der Waals surface area contributed by atoms with Crippen LogP contribution in [0.3, 0.4) is 0 Å². The maximum Gasteiger partial charge on any atom is 0.328 e. The van der Waals surface area contributed by atoms with Gasteiger partial charge in [-0.1, -0.05) is 26.0 Å². The van der Waals surface area contributed by atoms with Crippen LogP contribution in [0.1, 0.15) is 39.5 Å². The Hall–Kier alpha value is -2.37. The molecule has 2 N–H and O–H groups in total. The van der Waals surface area contributed by atoms with Crippen molar-refractivity contribution in [3.05, 3.63) is 45.1 Å². The number of benzene rings is 1. The van der Waals surface area contributed by atoms with Crippen LogP contribution in [-0.2, 0) is 11.3 Å². The third-order valence-electron chi connectivity index (χ3n) is 5.23. The fourth-order valence-corrected chi connectivity index (χ4v) is 3.68. The highest BCUT2D eigenvalue weighted by Gasteiger charge is 2.27. The van der Waals surface area contributed by atoms with E-state index in [1.54, 1.807) is 24.3 Å². The summed E-state index contributed by atoms with van der Waals surface area (Å²) < 4.78 is 1.31. The van der Waals surface area contributed by atoms with E-state index in [1.807, 2.05) is 0 Å². The predicted octanol–water partition coefficient (Wildman–Crippen LogP) is 2.27. The van der Waals surface area contributed by atoms with E-state index in [0.717, 1.165) is 25.7 Å². The largest absolute Gasteiger partial charge is 0.356 e. The molecule has 1 aromatic carbocycles. The number of fused-ring (bicyclic) bond motifs is 1. The van der Waals surface area contributed by atoms with Crippen molar-refractivity contribution in [3.63, 3.8) is 0 Å². The number of H-pyrrole nitrogens is 1. The summed E-state index contributed by atoms with van der Waals surface area (Å²) in [5.74, 6) is 0.889. The van der Waals surface area contributed by atoms with Gasteiger partial charge in [-0.3, -0.25) is 14.2 Å². The van der Waals surface area contributed by atoms with Gasteiger partial charge in [0.1, 0.15) is 0 Å². The number of carbonyl (C=O) groups is 1. The first-order valence-corrected chi connectivity index (χ1v) is 9.45. The highest BCUT2D eigenvalue weighted by atomic mass is 16.2.